The number of benzene rings is 1. The normalized spacial score (nSPS) is 24.4. The van der Waals surface area contributed by atoms with Gasteiger partial charge in [0.25, 0.3) is 0 Å². The van der Waals surface area contributed by atoms with Gasteiger partial charge in [0, 0.05) is 19.5 Å². The topological polar surface area (TPSA) is 49.4 Å². The van der Waals surface area contributed by atoms with Crippen LogP contribution in [0.4, 0.5) is 0 Å². The van der Waals surface area contributed by atoms with Crippen LogP contribution in [-0.4, -0.2) is 29.8 Å². The molecule has 1 saturated heterocycles. The van der Waals surface area contributed by atoms with Crippen LogP contribution in [0.15, 0.2) is 30.3 Å². The fourth-order valence-corrected chi connectivity index (χ4v) is 3.06. The van der Waals surface area contributed by atoms with Crippen LogP contribution in [0.25, 0.3) is 0 Å². The van der Waals surface area contributed by atoms with E-state index in [0.717, 1.165) is 18.5 Å². The van der Waals surface area contributed by atoms with Gasteiger partial charge in [-0.3, -0.25) is 9.59 Å². The summed E-state index contributed by atoms with van der Waals surface area (Å²) in [6, 6.07) is 8.99. The third-order valence-electron chi connectivity index (χ3n) is 4.84. The van der Waals surface area contributed by atoms with Gasteiger partial charge in [-0.15, -0.1) is 0 Å². The minimum absolute atomic E-state index is 0.0341. The van der Waals surface area contributed by atoms with Crippen molar-refractivity contribution in [3.05, 3.63) is 35.9 Å². The van der Waals surface area contributed by atoms with E-state index in [-0.39, 0.29) is 11.8 Å². The van der Waals surface area contributed by atoms with Gasteiger partial charge < -0.3 is 10.2 Å². The molecule has 1 N–H and O–H groups in total. The number of hydrogen-bond acceptors (Lipinski definition) is 2. The van der Waals surface area contributed by atoms with Gasteiger partial charge in [-0.05, 0) is 30.2 Å². The summed E-state index contributed by atoms with van der Waals surface area (Å²) in [5, 5.41) is 2.87. The van der Waals surface area contributed by atoms with Crippen LogP contribution in [0.3, 0.4) is 0 Å². The van der Waals surface area contributed by atoms with Crippen LogP contribution < -0.4 is 5.32 Å². The van der Waals surface area contributed by atoms with Crippen molar-refractivity contribution in [2.75, 3.05) is 13.1 Å². The van der Waals surface area contributed by atoms with Crippen LogP contribution in [0, 0.1) is 5.41 Å². The highest BCUT2D eigenvalue weighted by Gasteiger charge is 2.44. The molecule has 2 amide bonds. The summed E-state index contributed by atoms with van der Waals surface area (Å²) >= 11 is 0. The number of carbonyl (C=O) groups excluding carboxylic acids is 2. The molecule has 2 fully saturated rings. The van der Waals surface area contributed by atoms with Crippen molar-refractivity contribution in [3.8, 4) is 0 Å². The Morgan fingerprint density at radius 1 is 1.24 bits per heavy atom. The van der Waals surface area contributed by atoms with Crippen LogP contribution in [0.5, 0.6) is 0 Å². The minimum Gasteiger partial charge on any atom is -0.340 e. The fraction of sp³-hybridized carbons (Fsp3) is 0.529. The summed E-state index contributed by atoms with van der Waals surface area (Å²) in [5.41, 5.74) is 1.17. The standard InChI is InChI=1S/C17H22N2O2/c1-2-17(9-10-17)12-19-11-8-14(20)18-15(16(19)21)13-6-4-3-5-7-13/h3-7,15H,2,8-12H2,1H3,(H,18,20). The van der Waals surface area contributed by atoms with E-state index in [4.69, 9.17) is 0 Å². The van der Waals surface area contributed by atoms with Crippen molar-refractivity contribution in [2.45, 2.75) is 38.6 Å². The molecule has 4 heteroatoms. The first-order valence-corrected chi connectivity index (χ1v) is 7.77. The summed E-state index contributed by atoms with van der Waals surface area (Å²) in [5.74, 6) is -0.00664. The zero-order valence-corrected chi connectivity index (χ0v) is 12.5. The molecule has 112 valence electrons. The number of amides is 2. The van der Waals surface area contributed by atoms with Gasteiger partial charge in [-0.1, -0.05) is 37.3 Å². The van der Waals surface area contributed by atoms with E-state index in [1.807, 2.05) is 35.2 Å². The third-order valence-corrected chi connectivity index (χ3v) is 4.84. The van der Waals surface area contributed by atoms with Gasteiger partial charge >= 0.3 is 0 Å². The highest BCUT2D eigenvalue weighted by molar-refractivity contribution is 5.90. The maximum absolute atomic E-state index is 12.8. The fourth-order valence-electron chi connectivity index (χ4n) is 3.06. The van der Waals surface area contributed by atoms with Crippen molar-refractivity contribution in [1.82, 2.24) is 10.2 Å². The van der Waals surface area contributed by atoms with E-state index in [2.05, 4.69) is 12.2 Å². The molecule has 0 aromatic heterocycles. The van der Waals surface area contributed by atoms with Crippen LogP contribution in [0.2, 0.25) is 0 Å². The number of hydrogen-bond donors (Lipinski definition) is 1. The van der Waals surface area contributed by atoms with E-state index in [9.17, 15) is 9.59 Å². The Morgan fingerprint density at radius 2 is 1.95 bits per heavy atom. The summed E-state index contributed by atoms with van der Waals surface area (Å²) < 4.78 is 0. The maximum atomic E-state index is 12.8. The van der Waals surface area contributed by atoms with E-state index < -0.39 is 6.04 Å². The first-order valence-electron chi connectivity index (χ1n) is 7.77. The average Bonchev–Trinajstić information content (AvgIpc) is 3.30. The van der Waals surface area contributed by atoms with E-state index in [0.29, 0.717) is 18.4 Å². The van der Waals surface area contributed by atoms with Crippen molar-refractivity contribution < 1.29 is 9.59 Å². The second-order valence-electron chi connectivity index (χ2n) is 6.27. The molecule has 0 bridgehead atoms. The lowest BCUT2D eigenvalue weighted by molar-refractivity contribution is -0.134. The third kappa shape index (κ3) is 2.94. The van der Waals surface area contributed by atoms with Gasteiger partial charge in [0.05, 0.1) is 0 Å². The Labute approximate surface area is 125 Å². The molecule has 21 heavy (non-hydrogen) atoms. The quantitative estimate of drug-likeness (QED) is 0.923. The average molecular weight is 286 g/mol. The molecule has 1 aliphatic carbocycles. The van der Waals surface area contributed by atoms with Crippen molar-refractivity contribution >= 4 is 11.8 Å². The number of nitrogens with zero attached hydrogens (tertiary/aromatic N) is 1. The maximum Gasteiger partial charge on any atom is 0.249 e. The molecule has 1 aliphatic heterocycles. The Balaban J connectivity index is 1.82. The van der Waals surface area contributed by atoms with Crippen molar-refractivity contribution in [2.24, 2.45) is 5.41 Å². The number of rotatable bonds is 4. The van der Waals surface area contributed by atoms with Gasteiger partial charge in [0.15, 0.2) is 0 Å². The van der Waals surface area contributed by atoms with Crippen LogP contribution in [0.1, 0.15) is 44.2 Å². The molecule has 1 heterocycles. The van der Waals surface area contributed by atoms with Gasteiger partial charge in [0.2, 0.25) is 11.8 Å². The summed E-state index contributed by atoms with van der Waals surface area (Å²) in [6.45, 7) is 3.52. The Kier molecular flexibility index (Phi) is 3.70. The molecule has 1 aromatic rings. The lowest BCUT2D eigenvalue weighted by Crippen LogP contribution is -2.41. The van der Waals surface area contributed by atoms with Gasteiger partial charge in [-0.25, -0.2) is 0 Å². The van der Waals surface area contributed by atoms with Crippen molar-refractivity contribution in [1.29, 1.82) is 0 Å². The molecule has 1 unspecified atom stereocenters. The Bertz CT molecular complexity index is 537. The van der Waals surface area contributed by atoms with Crippen LogP contribution in [-0.2, 0) is 9.59 Å². The highest BCUT2D eigenvalue weighted by Crippen LogP contribution is 2.49. The summed E-state index contributed by atoms with van der Waals surface area (Å²) in [7, 11) is 0. The minimum atomic E-state index is -0.533. The zero-order valence-electron chi connectivity index (χ0n) is 12.5. The van der Waals surface area contributed by atoms with E-state index in [1.54, 1.807) is 0 Å². The molecule has 0 spiro atoms. The Hall–Kier alpha value is -1.84. The molecule has 1 atom stereocenters. The van der Waals surface area contributed by atoms with Gasteiger partial charge in [0.1, 0.15) is 6.04 Å². The Morgan fingerprint density at radius 3 is 2.57 bits per heavy atom. The van der Waals surface area contributed by atoms with E-state index >= 15 is 0 Å². The van der Waals surface area contributed by atoms with Crippen molar-refractivity contribution in [3.63, 3.8) is 0 Å². The summed E-state index contributed by atoms with van der Waals surface area (Å²) in [6.07, 6.45) is 3.90. The number of carbonyl (C=O) groups is 2. The SMILES string of the molecule is CCC1(CN2CCC(=O)NC(c3ccccc3)C2=O)CC1. The molecule has 1 aromatic carbocycles. The molecular formula is C17H22N2O2. The van der Waals surface area contributed by atoms with Crippen LogP contribution >= 0.6 is 0 Å². The highest BCUT2D eigenvalue weighted by atomic mass is 16.2. The predicted octanol–water partition coefficient (Wildman–Crippen LogP) is 2.27. The lowest BCUT2D eigenvalue weighted by Gasteiger charge is -2.28. The first kappa shape index (κ1) is 14.1. The zero-order chi connectivity index (χ0) is 14.9. The monoisotopic (exact) mass is 286 g/mol. The molecule has 1 saturated carbocycles. The van der Waals surface area contributed by atoms with Gasteiger partial charge in [-0.2, -0.15) is 0 Å². The predicted molar refractivity (Wildman–Crippen MR) is 80.5 cm³/mol. The largest absolute Gasteiger partial charge is 0.340 e. The van der Waals surface area contributed by atoms with E-state index in [1.165, 1.54) is 12.8 Å². The second-order valence-corrected chi connectivity index (χ2v) is 6.27. The molecule has 2 aliphatic rings. The second kappa shape index (κ2) is 5.51. The molecule has 4 nitrogen and oxygen atoms in total. The number of nitrogens with one attached hydrogen (secondary N) is 1. The smallest absolute Gasteiger partial charge is 0.249 e. The molecule has 0 radical (unpaired) electrons. The first-order chi connectivity index (χ1) is 10.1. The summed E-state index contributed by atoms with van der Waals surface area (Å²) in [4.78, 5) is 26.6. The lowest BCUT2D eigenvalue weighted by atomic mass is 10.0. The molecule has 3 rings (SSSR count). The molecular weight excluding hydrogens is 264 g/mol.